The van der Waals surface area contributed by atoms with Crippen LogP contribution in [0.2, 0.25) is 5.02 Å². The summed E-state index contributed by atoms with van der Waals surface area (Å²) in [5.74, 6) is 2.02. The number of hydrogen-bond donors (Lipinski definition) is 1. The van der Waals surface area contributed by atoms with Crippen LogP contribution in [-0.4, -0.2) is 23.0 Å². The largest absolute Gasteiger partial charge is 0.489 e. The van der Waals surface area contributed by atoms with Gasteiger partial charge in [-0.25, -0.2) is 0 Å². The minimum Gasteiger partial charge on any atom is -0.489 e. The Hall–Kier alpha value is -1.88. The Bertz CT molecular complexity index is 702. The molecule has 21 heavy (non-hydrogen) atoms. The predicted molar refractivity (Wildman–Crippen MR) is 80.7 cm³/mol. The molecule has 1 fully saturated rings. The zero-order valence-electron chi connectivity index (χ0n) is 11.7. The van der Waals surface area contributed by atoms with Crippen molar-refractivity contribution in [3.05, 3.63) is 23.2 Å². The molecule has 2 N–H and O–H groups in total. The topological polar surface area (TPSA) is 62.3 Å². The molecule has 0 atom stereocenters. The molecule has 2 aliphatic rings. The number of halogens is 1. The summed E-state index contributed by atoms with van der Waals surface area (Å²) < 4.78 is 13.4. The molecule has 1 aromatic carbocycles. The summed E-state index contributed by atoms with van der Waals surface area (Å²) in [6.07, 6.45) is 2.33. The first kappa shape index (κ1) is 12.8. The van der Waals surface area contributed by atoms with E-state index >= 15 is 0 Å². The highest BCUT2D eigenvalue weighted by molar-refractivity contribution is 6.33. The second-order valence-corrected chi connectivity index (χ2v) is 6.34. The normalized spacial score (nSPS) is 18.6. The third kappa shape index (κ3) is 2.12. The van der Waals surface area contributed by atoms with Gasteiger partial charge >= 0.3 is 0 Å². The zero-order valence-corrected chi connectivity index (χ0v) is 12.5. The van der Waals surface area contributed by atoms with Crippen LogP contribution in [0.25, 0.3) is 11.3 Å². The van der Waals surface area contributed by atoms with Crippen LogP contribution < -0.4 is 15.2 Å². The highest BCUT2D eigenvalue weighted by Crippen LogP contribution is 2.50. The molecular formula is C15H16ClN3O2. The maximum absolute atomic E-state index is 6.37. The van der Waals surface area contributed by atoms with Gasteiger partial charge in [0.05, 0.1) is 23.9 Å². The quantitative estimate of drug-likeness (QED) is 0.880. The van der Waals surface area contributed by atoms with Gasteiger partial charge in [-0.3, -0.25) is 4.68 Å². The van der Waals surface area contributed by atoms with Crippen molar-refractivity contribution in [3.63, 3.8) is 0 Å². The van der Waals surface area contributed by atoms with E-state index in [1.807, 2.05) is 6.07 Å². The van der Waals surface area contributed by atoms with E-state index < -0.39 is 0 Å². The molecule has 1 aromatic heterocycles. The smallest absolute Gasteiger partial charge is 0.162 e. The Labute approximate surface area is 127 Å². The Balaban J connectivity index is 1.75. The van der Waals surface area contributed by atoms with Crippen molar-refractivity contribution in [1.29, 1.82) is 0 Å². The lowest BCUT2D eigenvalue weighted by molar-refractivity contribution is 0.197. The summed E-state index contributed by atoms with van der Waals surface area (Å²) in [6, 6.07) is 5.49. The molecule has 0 amide bonds. The zero-order chi connectivity index (χ0) is 14.6. The van der Waals surface area contributed by atoms with Crippen LogP contribution in [0.3, 0.4) is 0 Å². The van der Waals surface area contributed by atoms with Crippen LogP contribution in [0.4, 0.5) is 5.82 Å². The standard InChI is InChI=1S/C15H16ClN3O2/c1-19-14(17)6-11(18-19)9-4-12-13(5-10(9)16)21-8-15(2-3-15)7-20-12/h4-6H,2-3,7-8,17H2,1H3. The molecule has 0 unspecified atom stereocenters. The van der Waals surface area contributed by atoms with Gasteiger partial charge in [0.2, 0.25) is 0 Å². The second kappa shape index (κ2) is 4.31. The van der Waals surface area contributed by atoms with Gasteiger partial charge in [0.1, 0.15) is 5.82 Å². The number of fused-ring (bicyclic) bond motifs is 1. The monoisotopic (exact) mass is 305 g/mol. The van der Waals surface area contributed by atoms with E-state index in [4.69, 9.17) is 26.8 Å². The molecule has 6 heteroatoms. The van der Waals surface area contributed by atoms with Crippen molar-refractivity contribution < 1.29 is 9.47 Å². The number of aryl methyl sites for hydroxylation is 1. The summed E-state index contributed by atoms with van der Waals surface area (Å²) in [6.45, 7) is 1.40. The summed E-state index contributed by atoms with van der Waals surface area (Å²) >= 11 is 6.37. The van der Waals surface area contributed by atoms with Crippen LogP contribution in [0.1, 0.15) is 12.8 Å². The molecule has 2 heterocycles. The highest BCUT2D eigenvalue weighted by atomic mass is 35.5. The fraction of sp³-hybridized carbons (Fsp3) is 0.400. The maximum Gasteiger partial charge on any atom is 0.162 e. The van der Waals surface area contributed by atoms with E-state index in [-0.39, 0.29) is 5.41 Å². The van der Waals surface area contributed by atoms with Crippen LogP contribution in [-0.2, 0) is 7.05 Å². The van der Waals surface area contributed by atoms with E-state index in [9.17, 15) is 0 Å². The molecular weight excluding hydrogens is 290 g/mol. The average Bonchev–Trinajstić information content (AvgIpc) is 3.19. The van der Waals surface area contributed by atoms with Gasteiger partial charge < -0.3 is 15.2 Å². The molecule has 1 saturated carbocycles. The van der Waals surface area contributed by atoms with E-state index in [0.717, 1.165) is 17.0 Å². The average molecular weight is 306 g/mol. The first-order chi connectivity index (χ1) is 10.1. The molecule has 1 spiro atoms. The van der Waals surface area contributed by atoms with Crippen molar-refractivity contribution in [2.75, 3.05) is 18.9 Å². The minimum atomic E-state index is 0.209. The van der Waals surface area contributed by atoms with Gasteiger partial charge in [-0.1, -0.05) is 11.6 Å². The van der Waals surface area contributed by atoms with Crippen LogP contribution >= 0.6 is 11.6 Å². The Kier molecular flexibility index (Phi) is 2.63. The van der Waals surface area contributed by atoms with Gasteiger partial charge in [-0.05, 0) is 18.9 Å². The van der Waals surface area contributed by atoms with Crippen LogP contribution in [0.15, 0.2) is 18.2 Å². The lowest BCUT2D eigenvalue weighted by Crippen LogP contribution is -2.17. The fourth-order valence-electron chi connectivity index (χ4n) is 2.54. The number of aromatic nitrogens is 2. The summed E-state index contributed by atoms with van der Waals surface area (Å²) in [5, 5.41) is 4.95. The molecule has 4 rings (SSSR count). The fourth-order valence-corrected chi connectivity index (χ4v) is 2.79. The highest BCUT2D eigenvalue weighted by Gasteiger charge is 2.46. The first-order valence-electron chi connectivity index (χ1n) is 6.95. The lowest BCUT2D eigenvalue weighted by Gasteiger charge is -2.10. The predicted octanol–water partition coefficient (Wildman–Crippen LogP) is 2.87. The molecule has 0 saturated heterocycles. The van der Waals surface area contributed by atoms with Gasteiger partial charge in [0.25, 0.3) is 0 Å². The van der Waals surface area contributed by atoms with Crippen molar-refractivity contribution in [2.24, 2.45) is 12.5 Å². The number of anilines is 1. The van der Waals surface area contributed by atoms with Gasteiger partial charge in [0.15, 0.2) is 11.5 Å². The number of nitrogens with two attached hydrogens (primary N) is 1. The van der Waals surface area contributed by atoms with Gasteiger partial charge in [-0.15, -0.1) is 0 Å². The van der Waals surface area contributed by atoms with Gasteiger partial charge in [0, 0.05) is 30.2 Å². The van der Waals surface area contributed by atoms with Crippen molar-refractivity contribution in [2.45, 2.75) is 12.8 Å². The second-order valence-electron chi connectivity index (χ2n) is 5.93. The summed E-state index contributed by atoms with van der Waals surface area (Å²) in [4.78, 5) is 0. The molecule has 0 bridgehead atoms. The van der Waals surface area contributed by atoms with Crippen LogP contribution in [0.5, 0.6) is 11.5 Å². The number of hydrogen-bond acceptors (Lipinski definition) is 4. The number of rotatable bonds is 1. The van der Waals surface area contributed by atoms with E-state index in [0.29, 0.717) is 29.8 Å². The van der Waals surface area contributed by atoms with E-state index in [1.165, 1.54) is 12.8 Å². The molecule has 0 radical (unpaired) electrons. The molecule has 1 aliphatic heterocycles. The number of ether oxygens (including phenoxy) is 2. The third-order valence-electron chi connectivity index (χ3n) is 4.25. The van der Waals surface area contributed by atoms with Crippen molar-refractivity contribution in [1.82, 2.24) is 9.78 Å². The van der Waals surface area contributed by atoms with Gasteiger partial charge in [-0.2, -0.15) is 5.10 Å². The minimum absolute atomic E-state index is 0.209. The Morgan fingerprint density at radius 1 is 1.19 bits per heavy atom. The summed E-state index contributed by atoms with van der Waals surface area (Å²) in [7, 11) is 1.80. The Morgan fingerprint density at radius 2 is 1.86 bits per heavy atom. The summed E-state index contributed by atoms with van der Waals surface area (Å²) in [5.41, 5.74) is 7.58. The maximum atomic E-state index is 6.37. The number of nitrogen functional groups attached to an aromatic ring is 1. The lowest BCUT2D eigenvalue weighted by atomic mass is 10.1. The van der Waals surface area contributed by atoms with E-state index in [1.54, 1.807) is 23.9 Å². The third-order valence-corrected chi connectivity index (χ3v) is 4.56. The molecule has 1 aliphatic carbocycles. The van der Waals surface area contributed by atoms with Crippen molar-refractivity contribution in [3.8, 4) is 22.8 Å². The van der Waals surface area contributed by atoms with Crippen molar-refractivity contribution >= 4 is 17.4 Å². The molecule has 2 aromatic rings. The molecule has 110 valence electrons. The van der Waals surface area contributed by atoms with E-state index in [2.05, 4.69) is 5.10 Å². The SMILES string of the molecule is Cn1nc(-c2cc3c(cc2Cl)OCC2(CC2)CO3)cc1N. The first-order valence-corrected chi connectivity index (χ1v) is 7.33. The Morgan fingerprint density at radius 3 is 2.43 bits per heavy atom. The number of benzene rings is 1. The molecule has 5 nitrogen and oxygen atoms in total. The van der Waals surface area contributed by atoms with Crippen LogP contribution in [0, 0.1) is 5.41 Å². The number of nitrogens with zero attached hydrogens (tertiary/aromatic N) is 2.